The van der Waals surface area contributed by atoms with Gasteiger partial charge in [-0.3, -0.25) is 24.6 Å². The molecule has 2 fully saturated rings. The quantitative estimate of drug-likeness (QED) is 0.152. The number of anilines is 1. The SMILES string of the molecule is O=C(c1ccc([N+](=O)[O-])cc1)[C@H]1[C@H](c2ccc(-c3ccc(Cl)cc3)o2)C2CCCN2[C@]12C(=O)Nc1cc(Cl)ccc12. The Morgan fingerprint density at radius 2 is 1.73 bits per heavy atom. The first-order chi connectivity index (χ1) is 19.8. The molecule has 1 spiro atoms. The fraction of sp³-hybridized carbons (Fsp3) is 0.226. The summed E-state index contributed by atoms with van der Waals surface area (Å²) in [6, 6.07) is 21.8. The summed E-state index contributed by atoms with van der Waals surface area (Å²) in [5.41, 5.74) is 1.01. The van der Waals surface area contributed by atoms with Gasteiger partial charge in [-0.1, -0.05) is 29.3 Å². The zero-order valence-electron chi connectivity index (χ0n) is 21.6. The van der Waals surface area contributed by atoms with Gasteiger partial charge in [0.2, 0.25) is 5.91 Å². The summed E-state index contributed by atoms with van der Waals surface area (Å²) < 4.78 is 6.45. The van der Waals surface area contributed by atoms with E-state index in [0.29, 0.717) is 44.9 Å². The van der Waals surface area contributed by atoms with Gasteiger partial charge in [-0.05, 0) is 80.1 Å². The first-order valence-electron chi connectivity index (χ1n) is 13.3. The summed E-state index contributed by atoms with van der Waals surface area (Å²) in [5, 5.41) is 15.4. The van der Waals surface area contributed by atoms with Crippen LogP contribution in [0.15, 0.2) is 83.3 Å². The molecule has 41 heavy (non-hydrogen) atoms. The number of halogens is 2. The van der Waals surface area contributed by atoms with Gasteiger partial charge in [0, 0.05) is 56.5 Å². The van der Waals surface area contributed by atoms with Crippen LogP contribution in [-0.2, 0) is 10.3 Å². The zero-order chi connectivity index (χ0) is 28.5. The zero-order valence-corrected chi connectivity index (χ0v) is 23.1. The van der Waals surface area contributed by atoms with E-state index in [-0.39, 0.29) is 23.4 Å². The number of hydrogen-bond acceptors (Lipinski definition) is 6. The number of carbonyl (C=O) groups is 2. The van der Waals surface area contributed by atoms with Crippen molar-refractivity contribution >= 4 is 46.3 Å². The molecule has 1 unspecified atom stereocenters. The molecule has 1 amide bonds. The molecule has 0 aliphatic carbocycles. The van der Waals surface area contributed by atoms with Crippen LogP contribution in [0, 0.1) is 16.0 Å². The number of Topliss-reactive ketones (excluding diaryl/α,β-unsaturated/α-hetero) is 1. The van der Waals surface area contributed by atoms with Crippen LogP contribution in [0.4, 0.5) is 11.4 Å². The maximum absolute atomic E-state index is 14.6. The third kappa shape index (κ3) is 3.85. The van der Waals surface area contributed by atoms with E-state index >= 15 is 0 Å². The summed E-state index contributed by atoms with van der Waals surface area (Å²) in [5.74, 6) is -0.629. The number of nitro benzene ring substituents is 1. The molecule has 3 aliphatic rings. The van der Waals surface area contributed by atoms with E-state index in [1.54, 1.807) is 24.3 Å². The number of amides is 1. The molecule has 8 nitrogen and oxygen atoms in total. The highest BCUT2D eigenvalue weighted by Crippen LogP contribution is 2.61. The molecule has 1 aromatic heterocycles. The van der Waals surface area contributed by atoms with Crippen LogP contribution in [0.2, 0.25) is 10.0 Å². The topological polar surface area (TPSA) is 106 Å². The standard InChI is InChI=1S/C31H23Cl2N3O5/c32-19-7-3-17(4-8-19)25-13-14-26(41-25)27-24-2-1-15-35(24)31(22-12-9-20(33)16-23(22)34-30(31)38)28(27)29(37)18-5-10-21(11-6-18)36(39)40/h3-14,16,24,27-28H,1-2,15H2,(H,34,38)/t24?,27-,28+,31-/m0/s1. The molecule has 2 saturated heterocycles. The minimum absolute atomic E-state index is 0.114. The normalized spacial score (nSPS) is 24.8. The number of hydrogen-bond donors (Lipinski definition) is 1. The van der Waals surface area contributed by atoms with Crippen molar-refractivity contribution in [3.63, 3.8) is 0 Å². The molecule has 4 heterocycles. The first kappa shape index (κ1) is 26.0. The highest BCUT2D eigenvalue weighted by molar-refractivity contribution is 6.31. The van der Waals surface area contributed by atoms with Crippen molar-refractivity contribution in [3.8, 4) is 11.3 Å². The van der Waals surface area contributed by atoms with Gasteiger partial charge in [0.15, 0.2) is 5.78 Å². The maximum atomic E-state index is 14.6. The minimum atomic E-state index is -1.29. The molecular weight excluding hydrogens is 565 g/mol. The smallest absolute Gasteiger partial charge is 0.269 e. The number of rotatable bonds is 5. The monoisotopic (exact) mass is 587 g/mol. The fourth-order valence-corrected chi connectivity index (χ4v) is 7.38. The van der Waals surface area contributed by atoms with Crippen LogP contribution in [0.1, 0.15) is 40.4 Å². The molecule has 10 heteroatoms. The van der Waals surface area contributed by atoms with E-state index < -0.39 is 22.3 Å². The Kier molecular flexibility index (Phi) is 6.04. The van der Waals surface area contributed by atoms with Crippen molar-refractivity contribution in [3.05, 3.63) is 116 Å². The average Bonchev–Trinajstić information content (AvgIpc) is 3.73. The largest absolute Gasteiger partial charge is 0.461 e. The second-order valence-corrected chi connectivity index (χ2v) is 11.6. The van der Waals surface area contributed by atoms with Crippen LogP contribution in [0.5, 0.6) is 0 Å². The highest BCUT2D eigenvalue weighted by Gasteiger charge is 2.70. The Bertz CT molecular complexity index is 1720. The van der Waals surface area contributed by atoms with Gasteiger partial charge in [0.1, 0.15) is 17.1 Å². The Balaban J connectivity index is 1.41. The number of nitrogens with zero attached hydrogens (tertiary/aromatic N) is 2. The van der Waals surface area contributed by atoms with Gasteiger partial charge in [0.25, 0.3) is 5.69 Å². The predicted octanol–water partition coefficient (Wildman–Crippen LogP) is 7.07. The molecule has 206 valence electrons. The Labute approximate surface area is 245 Å². The summed E-state index contributed by atoms with van der Waals surface area (Å²) in [7, 11) is 0. The van der Waals surface area contributed by atoms with E-state index in [9.17, 15) is 19.7 Å². The Hall–Kier alpha value is -3.98. The fourth-order valence-electron chi connectivity index (χ4n) is 7.09. The average molecular weight is 588 g/mol. The molecule has 4 atom stereocenters. The molecule has 4 aromatic rings. The molecule has 7 rings (SSSR count). The van der Waals surface area contributed by atoms with E-state index in [2.05, 4.69) is 10.2 Å². The number of fused-ring (bicyclic) bond motifs is 4. The lowest BCUT2D eigenvalue weighted by Crippen LogP contribution is -2.52. The molecular formula is C31H23Cl2N3O5. The van der Waals surface area contributed by atoms with Crippen LogP contribution in [0.3, 0.4) is 0 Å². The number of ketones is 1. The second-order valence-electron chi connectivity index (χ2n) is 10.7. The second kappa shape index (κ2) is 9.55. The molecule has 0 saturated carbocycles. The van der Waals surface area contributed by atoms with Crippen molar-refractivity contribution in [1.29, 1.82) is 0 Å². The molecule has 1 N–H and O–H groups in total. The molecule has 3 aromatic carbocycles. The van der Waals surface area contributed by atoms with Gasteiger partial charge >= 0.3 is 0 Å². The van der Waals surface area contributed by atoms with Gasteiger partial charge in [-0.15, -0.1) is 0 Å². The van der Waals surface area contributed by atoms with Crippen LogP contribution in [0.25, 0.3) is 11.3 Å². The molecule has 0 radical (unpaired) electrons. The van der Waals surface area contributed by atoms with Crippen molar-refractivity contribution in [2.45, 2.75) is 30.3 Å². The van der Waals surface area contributed by atoms with E-state index in [4.69, 9.17) is 27.6 Å². The number of furan rings is 1. The summed E-state index contributed by atoms with van der Waals surface area (Å²) in [4.78, 5) is 41.7. The lowest BCUT2D eigenvalue weighted by Gasteiger charge is -2.36. The molecule has 3 aliphatic heterocycles. The van der Waals surface area contributed by atoms with Crippen molar-refractivity contribution in [1.82, 2.24) is 4.90 Å². The van der Waals surface area contributed by atoms with Crippen LogP contribution < -0.4 is 5.32 Å². The third-order valence-corrected chi connectivity index (χ3v) is 9.18. The van der Waals surface area contributed by atoms with Crippen LogP contribution >= 0.6 is 23.2 Å². The lowest BCUT2D eigenvalue weighted by atomic mass is 9.70. The van der Waals surface area contributed by atoms with Gasteiger partial charge in [-0.2, -0.15) is 0 Å². The number of non-ortho nitro benzene ring substituents is 1. The Morgan fingerprint density at radius 1 is 1.00 bits per heavy atom. The van der Waals surface area contributed by atoms with Crippen LogP contribution in [-0.4, -0.2) is 34.1 Å². The van der Waals surface area contributed by atoms with Crippen molar-refractivity contribution < 1.29 is 18.9 Å². The van der Waals surface area contributed by atoms with E-state index in [0.717, 1.165) is 18.4 Å². The summed E-state index contributed by atoms with van der Waals surface area (Å²) >= 11 is 12.4. The predicted molar refractivity (Wildman–Crippen MR) is 154 cm³/mol. The summed E-state index contributed by atoms with van der Waals surface area (Å²) in [6.45, 7) is 0.630. The van der Waals surface area contributed by atoms with Gasteiger partial charge < -0.3 is 9.73 Å². The minimum Gasteiger partial charge on any atom is -0.461 e. The molecule has 0 bridgehead atoms. The van der Waals surface area contributed by atoms with Crippen molar-refractivity contribution in [2.24, 2.45) is 5.92 Å². The maximum Gasteiger partial charge on any atom is 0.269 e. The number of benzene rings is 3. The summed E-state index contributed by atoms with van der Waals surface area (Å²) in [6.07, 6.45) is 1.64. The van der Waals surface area contributed by atoms with Gasteiger partial charge in [0.05, 0.1) is 10.8 Å². The highest BCUT2D eigenvalue weighted by atomic mass is 35.5. The van der Waals surface area contributed by atoms with E-state index in [1.165, 1.54) is 24.3 Å². The first-order valence-corrected chi connectivity index (χ1v) is 14.1. The number of nitro groups is 1. The Morgan fingerprint density at radius 3 is 2.46 bits per heavy atom. The lowest BCUT2D eigenvalue weighted by molar-refractivity contribution is -0.384. The third-order valence-electron chi connectivity index (χ3n) is 8.69. The number of carbonyl (C=O) groups excluding carboxylic acids is 2. The van der Waals surface area contributed by atoms with Gasteiger partial charge in [-0.25, -0.2) is 0 Å². The van der Waals surface area contributed by atoms with Crippen molar-refractivity contribution in [2.75, 3.05) is 11.9 Å². The number of nitrogens with one attached hydrogen (secondary N) is 1. The van der Waals surface area contributed by atoms with E-state index in [1.807, 2.05) is 30.3 Å².